The van der Waals surface area contributed by atoms with Crippen molar-refractivity contribution in [2.75, 3.05) is 58.7 Å². The van der Waals surface area contributed by atoms with Crippen LogP contribution in [-0.4, -0.2) is 101 Å². The lowest BCUT2D eigenvalue weighted by Gasteiger charge is -2.22. The second-order valence-electron chi connectivity index (χ2n) is 39.3. The van der Waals surface area contributed by atoms with Crippen molar-refractivity contribution in [2.45, 2.75) is 197 Å². The number of nitrogens with two attached hydrogens (primary N) is 2. The summed E-state index contributed by atoms with van der Waals surface area (Å²) in [6.07, 6.45) is 5.14. The number of nitro groups is 2. The summed E-state index contributed by atoms with van der Waals surface area (Å²) >= 11 is 53.1. The molecule has 13 aromatic rings. The number of nitrogen functional groups attached to an aromatic ring is 1. The highest BCUT2D eigenvalue weighted by atomic mass is 79.9. The Hall–Kier alpha value is -10.7. The molecular weight excluding hydrogens is 2040 g/mol. The molecule has 8 atom stereocenters. The highest BCUT2D eigenvalue weighted by molar-refractivity contribution is 9.08. The molecule has 5 aromatic heterocycles. The van der Waals surface area contributed by atoms with Gasteiger partial charge in [-0.25, -0.2) is 0 Å². The maximum atomic E-state index is 10.5. The third kappa shape index (κ3) is 23.6. The van der Waals surface area contributed by atoms with Crippen LogP contribution in [-0.2, 0) is 46.3 Å². The maximum Gasteiger partial charge on any atom is 0.271 e. The Morgan fingerprint density at radius 2 is 0.715 bits per heavy atom. The Balaban J connectivity index is 0.000000148. The third-order valence-corrected chi connectivity index (χ3v) is 33.7. The zero-order chi connectivity index (χ0) is 106. The quantitative estimate of drug-likeness (QED) is 0.0231. The van der Waals surface area contributed by atoms with Gasteiger partial charge in [0.25, 0.3) is 11.4 Å². The Kier molecular flexibility index (Phi) is 36.3. The molecule has 4 saturated carbocycles. The summed E-state index contributed by atoms with van der Waals surface area (Å²) < 4.78 is 11.1. The number of anilines is 1. The first-order valence-electron chi connectivity index (χ1n) is 47.7. The van der Waals surface area contributed by atoms with Crippen LogP contribution in [0.5, 0.6) is 0 Å². The first-order valence-corrected chi connectivity index (χ1v) is 51.9. The summed E-state index contributed by atoms with van der Waals surface area (Å²) in [5.74, 6) is 1.87. The minimum atomic E-state index is -0.590. The SMILES string of the molecule is Cc1c(Cl)cc(-n2c(C)ccc2C)cc1C1(C#N)CC1CO.Cc1c(Cl)cc(-n2c(C)ccc2C)cc1C1(CN)CC1CO.Cc1c(Cl)cc(-n2c(C)ccc2C)cc1C12CC1CN(C)C2.Cc1c(Cl)cc(-n2c(C)ccc2C)cc1C12CNCC1C2.Cc1c(Cl)cc(-n2c(C)ccc2C)cc1CC#N.Cc1c(Cl)cc(N)cc1CC#N.Cc1c(Cl)cc([N+](=O)[O-])cc1CBr.Cc1c(Cl)cc([N+](=O)[O-])cc1CC#N. The van der Waals surface area contributed by atoms with Crippen LogP contribution in [0.4, 0.5) is 17.1 Å². The van der Waals surface area contributed by atoms with E-state index in [4.69, 9.17) is 120 Å². The molecule has 8 unspecified atom stereocenters. The highest BCUT2D eigenvalue weighted by Crippen LogP contribution is 2.62. The van der Waals surface area contributed by atoms with Gasteiger partial charge in [-0.1, -0.05) is 109 Å². The predicted octanol–water partition coefficient (Wildman–Crippen LogP) is 27.8. The molecule has 144 heavy (non-hydrogen) atoms. The number of nitro benzene ring substituents is 2. The van der Waals surface area contributed by atoms with Gasteiger partial charge in [0.1, 0.15) is 0 Å². The number of aromatic nitrogens is 5. The highest BCUT2D eigenvalue weighted by Gasteiger charge is 2.62. The molecule has 7 N–H and O–H groups in total. The van der Waals surface area contributed by atoms with Crippen LogP contribution in [0, 0.1) is 214 Å². The number of aryl methyl sites for hydroxylation is 10. The lowest BCUT2D eigenvalue weighted by molar-refractivity contribution is -0.385. The van der Waals surface area contributed by atoms with E-state index in [1.165, 1.54) is 124 Å². The molecule has 0 radical (unpaired) electrons. The lowest BCUT2D eigenvalue weighted by Crippen LogP contribution is -2.25. The number of aliphatic hydroxyl groups is 2. The molecule has 7 heterocycles. The number of benzene rings is 8. The van der Waals surface area contributed by atoms with Crippen molar-refractivity contribution in [1.29, 1.82) is 21.0 Å². The molecule has 0 bridgehead atoms. The number of alkyl halides is 1. The van der Waals surface area contributed by atoms with E-state index in [1.807, 2.05) is 78.8 Å². The molecular formula is C114H124BrCl8N15O6. The Labute approximate surface area is 894 Å². The first kappa shape index (κ1) is 112. The fourth-order valence-corrected chi connectivity index (χ4v) is 23.5. The summed E-state index contributed by atoms with van der Waals surface area (Å²) in [6.45, 7) is 42.2. The fourth-order valence-electron chi connectivity index (χ4n) is 21.1. The van der Waals surface area contributed by atoms with Crippen LogP contribution in [0.15, 0.2) is 158 Å². The van der Waals surface area contributed by atoms with Gasteiger partial charge in [-0.05, 0) is 404 Å². The van der Waals surface area contributed by atoms with Crippen molar-refractivity contribution in [1.82, 2.24) is 33.1 Å². The van der Waals surface area contributed by atoms with E-state index in [1.54, 1.807) is 19.1 Å². The number of fused-ring (bicyclic) bond motifs is 2. The molecule has 754 valence electrons. The number of hydrogen-bond donors (Lipinski definition) is 5. The second kappa shape index (κ2) is 46.6. The number of likely N-dealkylation sites (N-methyl/N-ethyl adjacent to an activating group) is 1. The number of piperidine rings is 2. The third-order valence-electron chi connectivity index (χ3n) is 29.9. The summed E-state index contributed by atoms with van der Waals surface area (Å²) in [4.78, 5) is 22.4. The average Bonchev–Trinajstić information content (AvgIpc) is 1.53. The second-order valence-corrected chi connectivity index (χ2v) is 43.1. The maximum absolute atomic E-state index is 10.5. The molecule has 6 fully saturated rings. The summed E-state index contributed by atoms with van der Waals surface area (Å²) in [5.41, 5.74) is 46.1. The van der Waals surface area contributed by atoms with Crippen molar-refractivity contribution in [3.8, 4) is 52.7 Å². The summed E-state index contributed by atoms with van der Waals surface area (Å²) in [5, 5.41) is 84.9. The van der Waals surface area contributed by atoms with E-state index in [-0.39, 0.29) is 48.3 Å². The van der Waals surface area contributed by atoms with Gasteiger partial charge in [-0.3, -0.25) is 20.2 Å². The van der Waals surface area contributed by atoms with Crippen LogP contribution in [0.2, 0.25) is 40.2 Å². The normalized spacial score (nSPS) is 19.2. The molecule has 4 aliphatic carbocycles. The van der Waals surface area contributed by atoms with Crippen molar-refractivity contribution in [3.05, 3.63) is 364 Å². The molecule has 19 rings (SSSR count). The van der Waals surface area contributed by atoms with Crippen LogP contribution in [0.1, 0.15) is 172 Å². The van der Waals surface area contributed by atoms with E-state index >= 15 is 0 Å². The van der Waals surface area contributed by atoms with Gasteiger partial charge >= 0.3 is 0 Å². The van der Waals surface area contributed by atoms with Crippen molar-refractivity contribution < 1.29 is 20.1 Å². The van der Waals surface area contributed by atoms with Gasteiger partial charge in [0.05, 0.1) is 68.8 Å². The number of likely N-dealkylation sites (tertiary alicyclic amines) is 1. The average molecular weight is 2160 g/mol. The van der Waals surface area contributed by atoms with Crippen molar-refractivity contribution in [2.24, 2.45) is 29.4 Å². The molecule has 8 aromatic carbocycles. The number of aliphatic hydroxyl groups excluding tert-OH is 2. The van der Waals surface area contributed by atoms with E-state index in [2.05, 4.69) is 241 Å². The number of nitrogens with one attached hydrogen (secondary N) is 1. The largest absolute Gasteiger partial charge is 0.399 e. The first-order chi connectivity index (χ1) is 68.1. The fraction of sp³-hybridized carbons (Fsp3) is 0.368. The smallest absolute Gasteiger partial charge is 0.271 e. The monoisotopic (exact) mass is 2160 g/mol. The van der Waals surface area contributed by atoms with Crippen LogP contribution in [0.3, 0.4) is 0 Å². The molecule has 2 aliphatic heterocycles. The molecule has 21 nitrogen and oxygen atoms in total. The Morgan fingerprint density at radius 3 is 1.03 bits per heavy atom. The Morgan fingerprint density at radius 1 is 0.403 bits per heavy atom. The zero-order valence-electron chi connectivity index (χ0n) is 84.9. The van der Waals surface area contributed by atoms with Crippen LogP contribution < -0.4 is 16.8 Å². The van der Waals surface area contributed by atoms with E-state index in [0.717, 1.165) is 142 Å². The molecule has 2 saturated heterocycles. The van der Waals surface area contributed by atoms with Gasteiger partial charge in [0.2, 0.25) is 0 Å². The number of non-ortho nitro benzene ring substituents is 2. The van der Waals surface area contributed by atoms with Gasteiger partial charge < -0.3 is 54.7 Å². The van der Waals surface area contributed by atoms with E-state index < -0.39 is 15.3 Å². The van der Waals surface area contributed by atoms with Gasteiger partial charge in [0, 0.05) is 212 Å². The number of nitriles is 4. The van der Waals surface area contributed by atoms with Gasteiger partial charge in [-0.2, -0.15) is 21.0 Å². The summed E-state index contributed by atoms with van der Waals surface area (Å²) in [6, 6.07) is 60.0. The molecule has 6 aliphatic rings. The molecule has 0 amide bonds. The minimum absolute atomic E-state index is 0.00868. The van der Waals surface area contributed by atoms with Gasteiger partial charge in [-0.15, -0.1) is 0 Å². The predicted molar refractivity (Wildman–Crippen MR) is 590 cm³/mol. The van der Waals surface area contributed by atoms with Crippen molar-refractivity contribution in [3.63, 3.8) is 0 Å². The zero-order valence-corrected chi connectivity index (χ0v) is 92.5. The van der Waals surface area contributed by atoms with Crippen LogP contribution >= 0.6 is 109 Å². The van der Waals surface area contributed by atoms with Crippen molar-refractivity contribution >= 4 is 126 Å². The molecule has 0 spiro atoms. The topological polar surface area (TPSA) is 314 Å². The molecule has 30 heteroatoms. The Bertz CT molecular complexity index is 7060. The summed E-state index contributed by atoms with van der Waals surface area (Å²) in [7, 11) is 2.23. The standard InChI is InChI=1S/C19H23ClN2.C18H23ClN2O.C18H19ClN2O.C18H21ClN2.C15H15ClN2.C9H7ClN2O2.C9H9ClN2.C8H7BrClNO2/c1-12-5-6-13(2)22(12)16-7-17(14(3)18(20)8-16)19-9-15(19)10-21(4)11-19;2*1-11-4-5-12(2)21(11)15-6-16(13(3)17(19)7-15)18(10-20)8-14(18)9-22;1-11-4-5-12(2)21(11)15-6-16(13(3)17(19)7-15)18-8-14(18)9-20-10-18;1-10-4-5-11(2)18(10)14-8-13(6-7-17)12(3)15(16)9-14;1-6-7(2-3-11)4-8(12(13)14)5-9(6)10;1-6-7(2-3-11)4-8(12)5-9(6)10;1-5-6(4-9)2-7(11(12)13)3-8(5)10/h5-8,15H,9-11H2,1-4H3;4-7,14,22H,8-10,20H2,1-3H3;4-7,14,22H,8-9H2,1-3H3;4-7,14,20H,8-10H2,1-3H3;4-5,8-9H,6H2,1-3H3;4-5H,2H2,1H3;4-5H,2,12H2,1H3;2-3H,4H2,1H3. The van der Waals surface area contributed by atoms with E-state index in [0.29, 0.717) is 78.3 Å². The number of hydrogen-bond acceptors (Lipinski definition) is 14. The lowest BCUT2D eigenvalue weighted by atomic mass is 9.89. The number of rotatable bonds is 18. The van der Waals surface area contributed by atoms with Gasteiger partial charge in [0.15, 0.2) is 0 Å². The number of nitrogens with zero attached hydrogens (tertiary/aromatic N) is 12. The van der Waals surface area contributed by atoms with Crippen LogP contribution in [0.25, 0.3) is 28.4 Å². The minimum Gasteiger partial charge on any atom is -0.399 e. The van der Waals surface area contributed by atoms with E-state index in [9.17, 15) is 35.7 Å². The number of halogens is 9.